The lowest BCUT2D eigenvalue weighted by molar-refractivity contribution is -0.384. The van der Waals surface area contributed by atoms with Crippen molar-refractivity contribution in [2.24, 2.45) is 5.73 Å². The highest BCUT2D eigenvalue weighted by molar-refractivity contribution is 5.67. The molecule has 7 nitrogen and oxygen atoms in total. The van der Waals surface area contributed by atoms with Crippen molar-refractivity contribution in [2.75, 3.05) is 0 Å². The fourth-order valence-electron chi connectivity index (χ4n) is 2.18. The highest BCUT2D eigenvalue weighted by Gasteiger charge is 2.20. The minimum atomic E-state index is -0.639. The second-order valence-electron chi connectivity index (χ2n) is 4.85. The molecule has 3 rings (SSSR count). The lowest BCUT2D eigenvalue weighted by Crippen LogP contribution is -2.13. The minimum Gasteiger partial charge on any atom is -0.318 e. The number of hydrogen-bond donors (Lipinski definition) is 2. The molecule has 1 atom stereocenters. The van der Waals surface area contributed by atoms with E-state index >= 15 is 0 Å². The molecular formula is C15H12FN5O2. The summed E-state index contributed by atoms with van der Waals surface area (Å²) in [5.41, 5.74) is 6.92. The van der Waals surface area contributed by atoms with E-state index in [1.54, 1.807) is 30.3 Å². The van der Waals surface area contributed by atoms with E-state index in [4.69, 9.17) is 5.73 Å². The van der Waals surface area contributed by atoms with E-state index in [0.29, 0.717) is 17.0 Å². The number of nitrogens with two attached hydrogens (primary N) is 1. The highest BCUT2D eigenvalue weighted by atomic mass is 19.1. The summed E-state index contributed by atoms with van der Waals surface area (Å²) in [6, 6.07) is 11.2. The third-order valence-corrected chi connectivity index (χ3v) is 3.37. The summed E-state index contributed by atoms with van der Waals surface area (Å²) in [7, 11) is 0. The normalized spacial score (nSPS) is 12.1. The molecule has 2 aromatic carbocycles. The summed E-state index contributed by atoms with van der Waals surface area (Å²) >= 11 is 0. The number of aromatic amines is 1. The molecule has 1 aromatic heterocycles. The molecule has 8 heteroatoms. The quantitative estimate of drug-likeness (QED) is 0.568. The molecule has 3 N–H and O–H groups in total. The predicted octanol–water partition coefficient (Wildman–Crippen LogP) is 2.57. The van der Waals surface area contributed by atoms with Crippen LogP contribution in [0.5, 0.6) is 0 Å². The fourth-order valence-corrected chi connectivity index (χ4v) is 2.18. The van der Waals surface area contributed by atoms with Crippen molar-refractivity contribution in [3.8, 4) is 11.4 Å². The standard InChI is InChI=1S/C15H12FN5O2/c16-10-7-5-9(6-8-10)13(17)15-18-14(19-20-15)11-3-1-2-4-12(11)21(22)23/h1-8,13H,17H2,(H,18,19,20)/t13-/m1/s1. The van der Waals surface area contributed by atoms with Crippen molar-refractivity contribution in [3.63, 3.8) is 0 Å². The lowest BCUT2D eigenvalue weighted by atomic mass is 10.1. The maximum absolute atomic E-state index is 13.0. The molecule has 3 aromatic rings. The molecule has 0 radical (unpaired) electrons. The van der Waals surface area contributed by atoms with Crippen LogP contribution < -0.4 is 5.73 Å². The van der Waals surface area contributed by atoms with Crippen molar-refractivity contribution in [1.29, 1.82) is 0 Å². The first-order valence-electron chi connectivity index (χ1n) is 6.73. The maximum atomic E-state index is 13.0. The van der Waals surface area contributed by atoms with E-state index in [0.717, 1.165) is 0 Å². The molecule has 0 aliphatic rings. The molecule has 0 fully saturated rings. The molecule has 0 amide bonds. The summed E-state index contributed by atoms with van der Waals surface area (Å²) in [5, 5.41) is 17.7. The Balaban J connectivity index is 1.95. The second-order valence-corrected chi connectivity index (χ2v) is 4.85. The molecule has 116 valence electrons. The minimum absolute atomic E-state index is 0.0894. The number of nitrogens with zero attached hydrogens (tertiary/aromatic N) is 3. The Morgan fingerprint density at radius 1 is 1.17 bits per heavy atom. The number of benzene rings is 2. The van der Waals surface area contributed by atoms with Gasteiger partial charge in [-0.2, -0.15) is 5.10 Å². The molecule has 0 spiro atoms. The first kappa shape index (κ1) is 14.8. The number of hydrogen-bond acceptors (Lipinski definition) is 5. The van der Waals surface area contributed by atoms with E-state index in [-0.39, 0.29) is 17.3 Å². The Hall–Kier alpha value is -3.13. The van der Waals surface area contributed by atoms with E-state index in [1.807, 2.05) is 0 Å². The third kappa shape index (κ3) is 2.92. The van der Waals surface area contributed by atoms with E-state index in [9.17, 15) is 14.5 Å². The number of nitro benzene ring substituents is 1. The topological polar surface area (TPSA) is 111 Å². The van der Waals surface area contributed by atoms with Gasteiger partial charge in [0, 0.05) is 6.07 Å². The van der Waals surface area contributed by atoms with Crippen molar-refractivity contribution in [3.05, 3.63) is 75.9 Å². The molecule has 0 aliphatic heterocycles. The van der Waals surface area contributed by atoms with Crippen LogP contribution in [-0.2, 0) is 0 Å². The van der Waals surface area contributed by atoms with Gasteiger partial charge in [0.1, 0.15) is 11.6 Å². The van der Waals surface area contributed by atoms with Crippen LogP contribution in [0.25, 0.3) is 11.4 Å². The smallest absolute Gasteiger partial charge is 0.280 e. The number of nitro groups is 1. The van der Waals surface area contributed by atoms with Crippen LogP contribution >= 0.6 is 0 Å². The monoisotopic (exact) mass is 313 g/mol. The largest absolute Gasteiger partial charge is 0.318 e. The average Bonchev–Trinajstić information content (AvgIpc) is 3.04. The van der Waals surface area contributed by atoms with Crippen molar-refractivity contribution < 1.29 is 9.31 Å². The van der Waals surface area contributed by atoms with Crippen molar-refractivity contribution >= 4 is 5.69 Å². The van der Waals surface area contributed by atoms with Crippen LogP contribution in [0.2, 0.25) is 0 Å². The summed E-state index contributed by atoms with van der Waals surface area (Å²) in [6.07, 6.45) is 0. The van der Waals surface area contributed by atoms with Crippen LogP contribution in [0.15, 0.2) is 48.5 Å². The number of nitrogens with one attached hydrogen (secondary N) is 1. The van der Waals surface area contributed by atoms with Gasteiger partial charge in [-0.3, -0.25) is 15.2 Å². The summed E-state index contributed by atoms with van der Waals surface area (Å²) in [4.78, 5) is 14.8. The Labute approximate surface area is 130 Å². The van der Waals surface area contributed by atoms with Gasteiger partial charge in [0.15, 0.2) is 5.82 Å². The van der Waals surface area contributed by atoms with Gasteiger partial charge < -0.3 is 5.73 Å². The number of para-hydroxylation sites is 1. The molecule has 0 aliphatic carbocycles. The maximum Gasteiger partial charge on any atom is 0.280 e. The second kappa shape index (κ2) is 5.93. The van der Waals surface area contributed by atoms with E-state index in [1.165, 1.54) is 18.2 Å². The number of H-pyrrole nitrogens is 1. The number of aromatic nitrogens is 3. The summed E-state index contributed by atoms with van der Waals surface area (Å²) < 4.78 is 13.0. The molecule has 0 saturated carbocycles. The van der Waals surface area contributed by atoms with Gasteiger partial charge in [0.05, 0.1) is 16.5 Å². The SMILES string of the molecule is N[C@H](c1ccc(F)cc1)c1nc(-c2ccccc2[N+](=O)[O-])n[nH]1. The zero-order chi connectivity index (χ0) is 16.4. The molecule has 1 heterocycles. The lowest BCUT2D eigenvalue weighted by Gasteiger charge is -2.07. The van der Waals surface area contributed by atoms with Gasteiger partial charge >= 0.3 is 0 Å². The Kier molecular flexibility index (Phi) is 3.82. The first-order chi connectivity index (χ1) is 11.1. The number of rotatable bonds is 4. The molecule has 0 bridgehead atoms. The van der Waals surface area contributed by atoms with Gasteiger partial charge in [-0.05, 0) is 23.8 Å². The third-order valence-electron chi connectivity index (χ3n) is 3.37. The van der Waals surface area contributed by atoms with E-state index < -0.39 is 11.0 Å². The van der Waals surface area contributed by atoms with Gasteiger partial charge in [-0.1, -0.05) is 24.3 Å². The van der Waals surface area contributed by atoms with Gasteiger partial charge in [0.2, 0.25) is 0 Å². The van der Waals surface area contributed by atoms with Crippen LogP contribution in [-0.4, -0.2) is 20.1 Å². The van der Waals surface area contributed by atoms with E-state index in [2.05, 4.69) is 15.2 Å². The van der Waals surface area contributed by atoms with Crippen LogP contribution in [0, 0.1) is 15.9 Å². The molecule has 23 heavy (non-hydrogen) atoms. The van der Waals surface area contributed by atoms with Crippen molar-refractivity contribution in [1.82, 2.24) is 15.2 Å². The summed E-state index contributed by atoms with van der Waals surface area (Å²) in [6.45, 7) is 0. The van der Waals surface area contributed by atoms with Crippen LogP contribution in [0.3, 0.4) is 0 Å². The van der Waals surface area contributed by atoms with Crippen molar-refractivity contribution in [2.45, 2.75) is 6.04 Å². The molecular weight excluding hydrogens is 301 g/mol. The Morgan fingerprint density at radius 3 is 2.57 bits per heavy atom. The average molecular weight is 313 g/mol. The van der Waals surface area contributed by atoms with Gasteiger partial charge in [-0.15, -0.1) is 0 Å². The van der Waals surface area contributed by atoms with Gasteiger partial charge in [0.25, 0.3) is 5.69 Å². The van der Waals surface area contributed by atoms with Gasteiger partial charge in [-0.25, -0.2) is 9.37 Å². The highest BCUT2D eigenvalue weighted by Crippen LogP contribution is 2.27. The molecule has 0 saturated heterocycles. The predicted molar refractivity (Wildman–Crippen MR) is 80.9 cm³/mol. The zero-order valence-electron chi connectivity index (χ0n) is 11.8. The number of halogens is 1. The summed E-state index contributed by atoms with van der Waals surface area (Å²) in [5.74, 6) is 0.161. The zero-order valence-corrected chi connectivity index (χ0v) is 11.8. The first-order valence-corrected chi connectivity index (χ1v) is 6.73. The molecule has 0 unspecified atom stereocenters. The fraction of sp³-hybridized carbons (Fsp3) is 0.0667. The van der Waals surface area contributed by atoms with Crippen LogP contribution in [0.1, 0.15) is 17.4 Å². The Morgan fingerprint density at radius 2 is 1.87 bits per heavy atom. The Bertz CT molecular complexity index is 847. The van der Waals surface area contributed by atoms with Crippen LogP contribution in [0.4, 0.5) is 10.1 Å².